The van der Waals surface area contributed by atoms with Gasteiger partial charge in [0.2, 0.25) is 11.8 Å². The summed E-state index contributed by atoms with van der Waals surface area (Å²) in [5.74, 6) is -3.29. The van der Waals surface area contributed by atoms with E-state index in [1.165, 1.54) is 0 Å². The second kappa shape index (κ2) is 3.59. The molecule has 13 heavy (non-hydrogen) atoms. The summed E-state index contributed by atoms with van der Waals surface area (Å²) in [4.78, 5) is 2.96. The number of ether oxygens (including phenoxy) is 1. The van der Waals surface area contributed by atoms with E-state index in [1.54, 1.807) is 0 Å². The zero-order valence-corrected chi connectivity index (χ0v) is 6.52. The highest BCUT2D eigenvalue weighted by molar-refractivity contribution is 5.28. The van der Waals surface area contributed by atoms with Crippen molar-refractivity contribution in [3.8, 4) is 5.88 Å². The van der Waals surface area contributed by atoms with Crippen LogP contribution >= 0.6 is 0 Å². The molecule has 0 amide bonds. The Hall–Kier alpha value is -1.33. The lowest BCUT2D eigenvalue weighted by Gasteiger charge is -2.06. The molecule has 0 unspecified atom stereocenters. The van der Waals surface area contributed by atoms with Gasteiger partial charge < -0.3 is 4.74 Å². The van der Waals surface area contributed by atoms with Crippen LogP contribution in [0.25, 0.3) is 0 Å². The minimum Gasteiger partial charge on any atom is -0.481 e. The van der Waals surface area contributed by atoms with Crippen molar-refractivity contribution < 1.29 is 22.3 Å². The summed E-state index contributed by atoms with van der Waals surface area (Å²) in [6.45, 7) is 0. The molecule has 0 saturated heterocycles. The SMILES string of the molecule is COc1nc(F)cc(F)c1C(F)F. The molecule has 6 heteroatoms. The Labute approximate surface area is 71.2 Å². The summed E-state index contributed by atoms with van der Waals surface area (Å²) in [6.07, 6.45) is -3.08. The van der Waals surface area contributed by atoms with Gasteiger partial charge in [0.05, 0.1) is 7.11 Å². The fourth-order valence-corrected chi connectivity index (χ4v) is 0.827. The lowest BCUT2D eigenvalue weighted by Crippen LogP contribution is -2.01. The van der Waals surface area contributed by atoms with Crippen molar-refractivity contribution in [3.63, 3.8) is 0 Å². The van der Waals surface area contributed by atoms with E-state index in [1.807, 2.05) is 0 Å². The molecule has 0 atom stereocenters. The fourth-order valence-electron chi connectivity index (χ4n) is 0.827. The van der Waals surface area contributed by atoms with Crippen LogP contribution in [-0.4, -0.2) is 12.1 Å². The molecule has 72 valence electrons. The van der Waals surface area contributed by atoms with Gasteiger partial charge in [-0.2, -0.15) is 9.37 Å². The maximum Gasteiger partial charge on any atom is 0.271 e. The molecule has 0 aliphatic heterocycles. The van der Waals surface area contributed by atoms with Crippen molar-refractivity contribution >= 4 is 0 Å². The van der Waals surface area contributed by atoms with Gasteiger partial charge in [0, 0.05) is 6.07 Å². The second-order valence-electron chi connectivity index (χ2n) is 2.15. The number of pyridine rings is 1. The normalized spacial score (nSPS) is 10.6. The number of nitrogens with zero attached hydrogens (tertiary/aromatic N) is 1. The summed E-state index contributed by atoms with van der Waals surface area (Å²) in [6, 6.07) is 0.282. The number of hydrogen-bond acceptors (Lipinski definition) is 2. The smallest absolute Gasteiger partial charge is 0.271 e. The fraction of sp³-hybridized carbons (Fsp3) is 0.286. The molecular weight excluding hydrogens is 190 g/mol. The lowest BCUT2D eigenvalue weighted by atomic mass is 10.2. The van der Waals surface area contributed by atoms with E-state index in [0.29, 0.717) is 0 Å². The highest BCUT2D eigenvalue weighted by atomic mass is 19.3. The number of halogens is 4. The van der Waals surface area contributed by atoms with E-state index in [2.05, 4.69) is 9.72 Å². The van der Waals surface area contributed by atoms with Gasteiger partial charge in [-0.25, -0.2) is 13.2 Å². The van der Waals surface area contributed by atoms with E-state index in [-0.39, 0.29) is 6.07 Å². The third-order valence-corrected chi connectivity index (χ3v) is 1.35. The van der Waals surface area contributed by atoms with Crippen molar-refractivity contribution in [3.05, 3.63) is 23.4 Å². The van der Waals surface area contributed by atoms with Crippen LogP contribution in [0.3, 0.4) is 0 Å². The minimum absolute atomic E-state index is 0.282. The van der Waals surface area contributed by atoms with Crippen LogP contribution < -0.4 is 4.74 Å². The van der Waals surface area contributed by atoms with Gasteiger partial charge >= 0.3 is 0 Å². The van der Waals surface area contributed by atoms with Crippen LogP contribution in [-0.2, 0) is 0 Å². The molecule has 1 heterocycles. The average molecular weight is 195 g/mol. The van der Waals surface area contributed by atoms with Gasteiger partial charge in [0.1, 0.15) is 11.4 Å². The molecule has 1 aromatic heterocycles. The van der Waals surface area contributed by atoms with Gasteiger partial charge in [0.25, 0.3) is 6.43 Å². The lowest BCUT2D eigenvalue weighted by molar-refractivity contribution is 0.140. The van der Waals surface area contributed by atoms with Crippen LogP contribution in [0.1, 0.15) is 12.0 Å². The number of hydrogen-bond donors (Lipinski definition) is 0. The first kappa shape index (κ1) is 9.76. The highest BCUT2D eigenvalue weighted by Gasteiger charge is 2.21. The standard InChI is InChI=1S/C7H5F4NO/c1-13-7-5(6(10)11)3(8)2-4(9)12-7/h2,6H,1H3. The monoisotopic (exact) mass is 195 g/mol. The van der Waals surface area contributed by atoms with Gasteiger partial charge in [-0.1, -0.05) is 0 Å². The Morgan fingerprint density at radius 2 is 2.00 bits per heavy atom. The van der Waals surface area contributed by atoms with E-state index in [9.17, 15) is 17.6 Å². The maximum atomic E-state index is 12.7. The first-order valence-corrected chi connectivity index (χ1v) is 3.24. The Morgan fingerprint density at radius 3 is 2.46 bits per heavy atom. The number of rotatable bonds is 2. The van der Waals surface area contributed by atoms with E-state index < -0.39 is 29.6 Å². The summed E-state index contributed by atoms with van der Waals surface area (Å²) in [7, 11) is 1.01. The highest BCUT2D eigenvalue weighted by Crippen LogP contribution is 2.29. The van der Waals surface area contributed by atoms with Crippen molar-refractivity contribution in [2.45, 2.75) is 6.43 Å². The molecule has 1 rings (SSSR count). The molecule has 0 radical (unpaired) electrons. The van der Waals surface area contributed by atoms with Crippen LogP contribution in [0.15, 0.2) is 6.07 Å². The van der Waals surface area contributed by atoms with Gasteiger partial charge in [-0.05, 0) is 0 Å². The number of aromatic nitrogens is 1. The van der Waals surface area contributed by atoms with Crippen LogP contribution in [0.2, 0.25) is 0 Å². The van der Waals surface area contributed by atoms with Gasteiger partial charge in [-0.3, -0.25) is 0 Å². The molecule has 0 fully saturated rings. The summed E-state index contributed by atoms with van der Waals surface area (Å²) >= 11 is 0. The Balaban J connectivity index is 3.30. The van der Waals surface area contributed by atoms with Crippen LogP contribution in [0, 0.1) is 11.8 Å². The zero-order chi connectivity index (χ0) is 10.0. The Bertz CT molecular complexity index is 316. The maximum absolute atomic E-state index is 12.7. The first-order valence-electron chi connectivity index (χ1n) is 3.24. The largest absolute Gasteiger partial charge is 0.481 e. The Kier molecular flexibility index (Phi) is 2.69. The van der Waals surface area contributed by atoms with Crippen molar-refractivity contribution in [2.24, 2.45) is 0 Å². The van der Waals surface area contributed by atoms with Crippen molar-refractivity contribution in [1.29, 1.82) is 0 Å². The summed E-state index contributed by atoms with van der Waals surface area (Å²) in [5.41, 5.74) is -1.02. The second-order valence-corrected chi connectivity index (χ2v) is 2.15. The van der Waals surface area contributed by atoms with Crippen molar-refractivity contribution in [1.82, 2.24) is 4.98 Å². The average Bonchev–Trinajstić information content (AvgIpc) is 2.01. The number of methoxy groups -OCH3 is 1. The topological polar surface area (TPSA) is 22.1 Å². The predicted octanol–water partition coefficient (Wildman–Crippen LogP) is 2.31. The quantitative estimate of drug-likeness (QED) is 0.533. The first-order chi connectivity index (χ1) is 6.06. The molecule has 0 spiro atoms. The molecule has 0 aliphatic rings. The third kappa shape index (κ3) is 1.88. The Morgan fingerprint density at radius 1 is 1.38 bits per heavy atom. The molecule has 1 aromatic rings. The molecule has 2 nitrogen and oxygen atoms in total. The van der Waals surface area contributed by atoms with Crippen LogP contribution in [0.5, 0.6) is 5.88 Å². The molecule has 0 aliphatic carbocycles. The van der Waals surface area contributed by atoms with Gasteiger partial charge in [-0.15, -0.1) is 0 Å². The zero-order valence-electron chi connectivity index (χ0n) is 6.52. The van der Waals surface area contributed by atoms with Crippen molar-refractivity contribution in [2.75, 3.05) is 7.11 Å². The molecule has 0 bridgehead atoms. The minimum atomic E-state index is -3.08. The predicted molar refractivity (Wildman–Crippen MR) is 35.7 cm³/mol. The van der Waals surface area contributed by atoms with E-state index in [4.69, 9.17) is 0 Å². The molecule has 0 aromatic carbocycles. The molecular formula is C7H5F4NO. The van der Waals surface area contributed by atoms with E-state index >= 15 is 0 Å². The molecule has 0 saturated carbocycles. The van der Waals surface area contributed by atoms with Crippen LogP contribution in [0.4, 0.5) is 17.6 Å². The number of alkyl halides is 2. The third-order valence-electron chi connectivity index (χ3n) is 1.35. The summed E-state index contributed by atoms with van der Waals surface area (Å²) < 4.78 is 53.6. The molecule has 0 N–H and O–H groups in total. The van der Waals surface area contributed by atoms with E-state index in [0.717, 1.165) is 7.11 Å². The van der Waals surface area contributed by atoms with Gasteiger partial charge in [0.15, 0.2) is 0 Å². The summed E-state index contributed by atoms with van der Waals surface area (Å²) in [5, 5.41) is 0.